The first-order valence-electron chi connectivity index (χ1n) is 7.29. The highest BCUT2D eigenvalue weighted by Gasteiger charge is 2.46. The Labute approximate surface area is 115 Å². The third kappa shape index (κ3) is 2.37. The molecule has 1 aromatic rings. The Hall–Kier alpha value is -1.06. The zero-order valence-electron chi connectivity index (χ0n) is 11.9. The van der Waals surface area contributed by atoms with E-state index in [0.29, 0.717) is 12.1 Å². The van der Waals surface area contributed by atoms with E-state index in [2.05, 4.69) is 48.5 Å². The molecule has 2 fully saturated rings. The van der Waals surface area contributed by atoms with E-state index in [-0.39, 0.29) is 12.1 Å². The van der Waals surface area contributed by atoms with Gasteiger partial charge < -0.3 is 15.3 Å². The van der Waals surface area contributed by atoms with Gasteiger partial charge in [0.1, 0.15) is 0 Å². The first-order valence-corrected chi connectivity index (χ1v) is 7.29. The number of aryl methyl sites for hydroxylation is 1. The van der Waals surface area contributed by atoms with Crippen LogP contribution in [0.25, 0.3) is 0 Å². The smallest absolute Gasteiger partial charge is 0.0662 e. The summed E-state index contributed by atoms with van der Waals surface area (Å²) in [6.07, 6.45) is 4.64. The maximum absolute atomic E-state index is 9.93. The Morgan fingerprint density at radius 1 is 1.21 bits per heavy atom. The van der Waals surface area contributed by atoms with Gasteiger partial charge in [-0.25, -0.2) is 0 Å². The molecule has 0 aromatic heterocycles. The van der Waals surface area contributed by atoms with Crippen LogP contribution in [-0.4, -0.2) is 41.3 Å². The van der Waals surface area contributed by atoms with Gasteiger partial charge in [-0.15, -0.1) is 0 Å². The van der Waals surface area contributed by atoms with Crippen LogP contribution in [0.15, 0.2) is 24.3 Å². The fourth-order valence-corrected chi connectivity index (χ4v) is 3.78. The number of hydrogen-bond donors (Lipinski definition) is 2. The number of benzene rings is 1. The van der Waals surface area contributed by atoms with Gasteiger partial charge in [0.15, 0.2) is 0 Å². The molecule has 3 nitrogen and oxygen atoms in total. The summed E-state index contributed by atoms with van der Waals surface area (Å²) in [4.78, 5) is 2.50. The van der Waals surface area contributed by atoms with Crippen LogP contribution in [-0.2, 0) is 0 Å². The van der Waals surface area contributed by atoms with Gasteiger partial charge in [-0.05, 0) is 51.8 Å². The number of fused-ring (bicyclic) bond motifs is 2. The molecule has 3 heteroatoms. The van der Waals surface area contributed by atoms with E-state index >= 15 is 0 Å². The van der Waals surface area contributed by atoms with Gasteiger partial charge in [-0.2, -0.15) is 0 Å². The topological polar surface area (TPSA) is 35.5 Å². The van der Waals surface area contributed by atoms with Crippen molar-refractivity contribution in [2.24, 2.45) is 0 Å². The van der Waals surface area contributed by atoms with Gasteiger partial charge in [0.05, 0.1) is 12.1 Å². The second kappa shape index (κ2) is 4.80. The van der Waals surface area contributed by atoms with Crippen LogP contribution in [0.2, 0.25) is 0 Å². The SMILES string of the molecule is Cc1ccc(NC2(CO)CC3CCC(C2)N3C)cc1. The summed E-state index contributed by atoms with van der Waals surface area (Å²) in [7, 11) is 2.23. The second-order valence-corrected chi connectivity index (χ2v) is 6.39. The van der Waals surface area contributed by atoms with Gasteiger partial charge >= 0.3 is 0 Å². The molecule has 104 valence electrons. The largest absolute Gasteiger partial charge is 0.394 e. The van der Waals surface area contributed by atoms with Crippen molar-refractivity contribution in [2.45, 2.75) is 50.2 Å². The van der Waals surface area contributed by atoms with E-state index in [1.165, 1.54) is 18.4 Å². The van der Waals surface area contributed by atoms with Crippen LogP contribution in [0.5, 0.6) is 0 Å². The van der Waals surface area contributed by atoms with Crippen molar-refractivity contribution in [1.82, 2.24) is 4.90 Å². The number of aliphatic hydroxyl groups excluding tert-OH is 1. The minimum atomic E-state index is -0.131. The predicted octanol–water partition coefficient (Wildman–Crippen LogP) is 2.39. The number of aliphatic hydroxyl groups is 1. The summed E-state index contributed by atoms with van der Waals surface area (Å²) in [5.74, 6) is 0. The van der Waals surface area contributed by atoms with Crippen LogP contribution in [0.3, 0.4) is 0 Å². The Morgan fingerprint density at radius 2 is 1.79 bits per heavy atom. The molecule has 0 spiro atoms. The van der Waals surface area contributed by atoms with E-state index < -0.39 is 0 Å². The van der Waals surface area contributed by atoms with Crippen LogP contribution >= 0.6 is 0 Å². The quantitative estimate of drug-likeness (QED) is 0.876. The van der Waals surface area contributed by atoms with Crippen molar-refractivity contribution in [3.63, 3.8) is 0 Å². The Kier molecular flexibility index (Phi) is 3.27. The Balaban J connectivity index is 1.79. The predicted molar refractivity (Wildman–Crippen MR) is 78.4 cm³/mol. The number of nitrogens with zero attached hydrogens (tertiary/aromatic N) is 1. The van der Waals surface area contributed by atoms with E-state index in [4.69, 9.17) is 0 Å². The first-order chi connectivity index (χ1) is 9.12. The highest BCUT2D eigenvalue weighted by molar-refractivity contribution is 5.47. The number of rotatable bonds is 3. The third-order valence-electron chi connectivity index (χ3n) is 5.00. The molecule has 1 aromatic carbocycles. The second-order valence-electron chi connectivity index (χ2n) is 6.39. The fraction of sp³-hybridized carbons (Fsp3) is 0.625. The van der Waals surface area contributed by atoms with E-state index in [1.54, 1.807) is 0 Å². The van der Waals surface area contributed by atoms with Crippen molar-refractivity contribution < 1.29 is 5.11 Å². The molecule has 2 bridgehead atoms. The van der Waals surface area contributed by atoms with Crippen molar-refractivity contribution in [1.29, 1.82) is 0 Å². The molecule has 0 saturated carbocycles. The molecular formula is C16H24N2O. The molecule has 2 N–H and O–H groups in total. The lowest BCUT2D eigenvalue weighted by Crippen LogP contribution is -2.55. The van der Waals surface area contributed by atoms with Gasteiger partial charge in [0.2, 0.25) is 0 Å². The molecule has 19 heavy (non-hydrogen) atoms. The zero-order valence-corrected chi connectivity index (χ0v) is 11.9. The van der Waals surface area contributed by atoms with Crippen LogP contribution in [0, 0.1) is 6.92 Å². The van der Waals surface area contributed by atoms with Crippen molar-refractivity contribution in [3.8, 4) is 0 Å². The van der Waals surface area contributed by atoms with Crippen LogP contribution < -0.4 is 5.32 Å². The number of piperidine rings is 1. The number of anilines is 1. The van der Waals surface area contributed by atoms with E-state index in [1.807, 2.05) is 0 Å². The van der Waals surface area contributed by atoms with Gasteiger partial charge in [0, 0.05) is 17.8 Å². The molecule has 0 radical (unpaired) electrons. The zero-order chi connectivity index (χ0) is 13.5. The van der Waals surface area contributed by atoms with Crippen molar-refractivity contribution in [2.75, 3.05) is 19.0 Å². The van der Waals surface area contributed by atoms with E-state index in [9.17, 15) is 5.11 Å². The van der Waals surface area contributed by atoms with Gasteiger partial charge in [-0.3, -0.25) is 0 Å². The van der Waals surface area contributed by atoms with Gasteiger partial charge in [0.25, 0.3) is 0 Å². The monoisotopic (exact) mass is 260 g/mol. The van der Waals surface area contributed by atoms with Gasteiger partial charge in [-0.1, -0.05) is 17.7 Å². The molecule has 2 heterocycles. The minimum absolute atomic E-state index is 0.131. The lowest BCUT2D eigenvalue weighted by atomic mass is 9.83. The molecule has 3 rings (SSSR count). The number of hydrogen-bond acceptors (Lipinski definition) is 3. The maximum atomic E-state index is 9.93. The molecule has 2 unspecified atom stereocenters. The van der Waals surface area contributed by atoms with Crippen molar-refractivity contribution in [3.05, 3.63) is 29.8 Å². The number of nitrogens with one attached hydrogen (secondary N) is 1. The summed E-state index contributed by atoms with van der Waals surface area (Å²) in [5, 5.41) is 13.5. The molecular weight excluding hydrogens is 236 g/mol. The average molecular weight is 260 g/mol. The summed E-state index contributed by atoms with van der Waals surface area (Å²) >= 11 is 0. The third-order valence-corrected chi connectivity index (χ3v) is 5.00. The summed E-state index contributed by atoms with van der Waals surface area (Å²) in [5.41, 5.74) is 2.27. The van der Waals surface area contributed by atoms with Crippen molar-refractivity contribution >= 4 is 5.69 Å². The molecule has 2 aliphatic rings. The summed E-state index contributed by atoms with van der Waals surface area (Å²) in [6, 6.07) is 9.74. The average Bonchev–Trinajstić information content (AvgIpc) is 2.65. The van der Waals surface area contributed by atoms with Crippen LogP contribution in [0.4, 0.5) is 5.69 Å². The maximum Gasteiger partial charge on any atom is 0.0662 e. The fourth-order valence-electron chi connectivity index (χ4n) is 3.78. The molecule has 0 amide bonds. The Bertz CT molecular complexity index is 429. The normalized spacial score (nSPS) is 34.5. The molecule has 0 aliphatic carbocycles. The molecule has 2 saturated heterocycles. The molecule has 2 aliphatic heterocycles. The highest BCUT2D eigenvalue weighted by Crippen LogP contribution is 2.41. The molecule has 2 atom stereocenters. The standard InChI is InChI=1S/C16H24N2O/c1-12-3-5-13(6-4-12)17-16(11-19)9-14-7-8-15(10-16)18(14)2/h3-6,14-15,17,19H,7-11H2,1-2H3. The summed E-state index contributed by atoms with van der Waals surface area (Å²) < 4.78 is 0. The van der Waals surface area contributed by atoms with E-state index in [0.717, 1.165) is 18.5 Å². The minimum Gasteiger partial charge on any atom is -0.394 e. The lowest BCUT2D eigenvalue weighted by Gasteiger charge is -2.45. The van der Waals surface area contributed by atoms with Crippen LogP contribution in [0.1, 0.15) is 31.2 Å². The Morgan fingerprint density at radius 3 is 2.32 bits per heavy atom. The lowest BCUT2D eigenvalue weighted by molar-refractivity contribution is 0.0833. The summed E-state index contributed by atoms with van der Waals surface area (Å²) in [6.45, 7) is 2.32. The highest BCUT2D eigenvalue weighted by atomic mass is 16.3. The first kappa shape index (κ1) is 12.9.